The summed E-state index contributed by atoms with van der Waals surface area (Å²) in [6.07, 6.45) is 1.59. The van der Waals surface area contributed by atoms with Crippen LogP contribution in [0.1, 0.15) is 39.1 Å². The van der Waals surface area contributed by atoms with E-state index in [2.05, 4.69) is 5.32 Å². The first kappa shape index (κ1) is 19.2. The largest absolute Gasteiger partial charge is 0.351 e. The third-order valence-corrected chi connectivity index (χ3v) is 5.41. The maximum Gasteiger partial charge on any atom is 0.261 e. The molecule has 3 rings (SSSR count). The Balaban J connectivity index is 1.29. The summed E-state index contributed by atoms with van der Waals surface area (Å²) in [7, 11) is 0. The van der Waals surface area contributed by atoms with Gasteiger partial charge in [0.1, 0.15) is 0 Å². The van der Waals surface area contributed by atoms with E-state index in [0.717, 1.165) is 24.2 Å². The normalized spacial score (nSPS) is 13.0. The maximum atomic E-state index is 12.3. The van der Waals surface area contributed by atoms with E-state index in [1.54, 1.807) is 36.0 Å². The third-order valence-electron chi connectivity index (χ3n) is 4.36. The molecule has 0 radical (unpaired) electrons. The van der Waals surface area contributed by atoms with Crippen molar-refractivity contribution in [3.8, 4) is 0 Å². The van der Waals surface area contributed by atoms with Crippen LogP contribution in [0.4, 0.5) is 0 Å². The molecule has 2 aromatic rings. The van der Waals surface area contributed by atoms with Crippen molar-refractivity contribution in [3.05, 3.63) is 71.3 Å². The van der Waals surface area contributed by atoms with Crippen molar-refractivity contribution in [1.29, 1.82) is 0 Å². The average molecular weight is 382 g/mol. The molecule has 0 saturated heterocycles. The van der Waals surface area contributed by atoms with Crippen LogP contribution in [0, 0.1) is 0 Å². The van der Waals surface area contributed by atoms with Crippen molar-refractivity contribution in [2.75, 3.05) is 18.1 Å². The molecule has 0 aliphatic carbocycles. The smallest absolute Gasteiger partial charge is 0.261 e. The average Bonchev–Trinajstić information content (AvgIpc) is 2.94. The Hall–Kier alpha value is -2.60. The monoisotopic (exact) mass is 382 g/mol. The number of carbonyl (C=O) groups is 3. The lowest BCUT2D eigenvalue weighted by Crippen LogP contribution is -2.30. The molecule has 0 aromatic heterocycles. The highest BCUT2D eigenvalue weighted by Crippen LogP contribution is 2.22. The van der Waals surface area contributed by atoms with Crippen molar-refractivity contribution in [2.24, 2.45) is 0 Å². The van der Waals surface area contributed by atoms with Gasteiger partial charge in [0.2, 0.25) is 5.91 Å². The zero-order chi connectivity index (χ0) is 19.1. The minimum Gasteiger partial charge on any atom is -0.351 e. The van der Waals surface area contributed by atoms with E-state index < -0.39 is 0 Å². The quantitative estimate of drug-likeness (QED) is 0.535. The molecular weight excluding hydrogens is 360 g/mol. The lowest BCUT2D eigenvalue weighted by atomic mass is 10.1. The van der Waals surface area contributed by atoms with Crippen molar-refractivity contribution in [2.45, 2.75) is 19.4 Å². The second-order valence-electron chi connectivity index (χ2n) is 6.33. The third kappa shape index (κ3) is 4.98. The first-order chi connectivity index (χ1) is 13.2. The first-order valence-electron chi connectivity index (χ1n) is 9.00. The zero-order valence-electron chi connectivity index (χ0n) is 15.0. The first-order valence-corrected chi connectivity index (χ1v) is 10.2. The highest BCUT2D eigenvalue weighted by atomic mass is 32.2. The highest BCUT2D eigenvalue weighted by molar-refractivity contribution is 7.99. The van der Waals surface area contributed by atoms with Gasteiger partial charge in [-0.1, -0.05) is 42.5 Å². The second kappa shape index (κ2) is 9.37. The van der Waals surface area contributed by atoms with Crippen molar-refractivity contribution in [1.82, 2.24) is 10.2 Å². The number of unbranched alkanes of at least 4 members (excludes halogenated alkanes) is 1. The Kier molecular flexibility index (Phi) is 6.65. The van der Waals surface area contributed by atoms with Gasteiger partial charge in [-0.25, -0.2) is 0 Å². The van der Waals surface area contributed by atoms with Crippen LogP contribution >= 0.6 is 11.8 Å². The molecule has 27 heavy (non-hydrogen) atoms. The molecule has 1 heterocycles. The number of thioether (sulfide) groups is 1. The number of hydrogen-bond acceptors (Lipinski definition) is 4. The molecule has 140 valence electrons. The van der Waals surface area contributed by atoms with Crippen LogP contribution in [0.25, 0.3) is 0 Å². The van der Waals surface area contributed by atoms with Gasteiger partial charge in [0.15, 0.2) is 0 Å². The van der Waals surface area contributed by atoms with Gasteiger partial charge in [0.25, 0.3) is 11.8 Å². The summed E-state index contributed by atoms with van der Waals surface area (Å²) < 4.78 is 0. The van der Waals surface area contributed by atoms with Crippen LogP contribution in [0.3, 0.4) is 0 Å². The standard InChI is InChI=1S/C21H22N2O3S/c24-19(22-14-16-8-2-1-3-9-16)15-27-13-7-6-12-23-20(25)17-10-4-5-11-18(17)21(23)26/h1-5,8-11H,6-7,12-15H2,(H,22,24). The molecule has 1 aliphatic heterocycles. The highest BCUT2D eigenvalue weighted by Gasteiger charge is 2.34. The Morgan fingerprint density at radius 3 is 2.19 bits per heavy atom. The second-order valence-corrected chi connectivity index (χ2v) is 7.43. The predicted octanol–water partition coefficient (Wildman–Crippen LogP) is 3.11. The molecule has 0 atom stereocenters. The fourth-order valence-corrected chi connectivity index (χ4v) is 3.77. The molecule has 1 N–H and O–H groups in total. The molecule has 5 nitrogen and oxygen atoms in total. The Labute approximate surface area is 163 Å². The van der Waals surface area contributed by atoms with Crippen LogP contribution in [0.5, 0.6) is 0 Å². The van der Waals surface area contributed by atoms with E-state index in [0.29, 0.717) is 30.0 Å². The fourth-order valence-electron chi connectivity index (χ4n) is 2.93. The van der Waals surface area contributed by atoms with Gasteiger partial charge in [-0.05, 0) is 36.3 Å². The lowest BCUT2D eigenvalue weighted by Gasteiger charge is -2.13. The van der Waals surface area contributed by atoms with Gasteiger partial charge < -0.3 is 5.32 Å². The maximum absolute atomic E-state index is 12.3. The number of fused-ring (bicyclic) bond motifs is 1. The number of benzene rings is 2. The minimum atomic E-state index is -0.205. The van der Waals surface area contributed by atoms with Crippen LogP contribution in [0.15, 0.2) is 54.6 Å². The Bertz CT molecular complexity index is 788. The topological polar surface area (TPSA) is 66.5 Å². The number of nitrogens with zero attached hydrogens (tertiary/aromatic N) is 1. The predicted molar refractivity (Wildman–Crippen MR) is 107 cm³/mol. The number of hydrogen-bond donors (Lipinski definition) is 1. The molecule has 1 aliphatic rings. The van der Waals surface area contributed by atoms with Gasteiger partial charge in [-0.2, -0.15) is 11.8 Å². The molecular formula is C21H22N2O3S. The van der Waals surface area contributed by atoms with Crippen LogP contribution < -0.4 is 5.32 Å². The van der Waals surface area contributed by atoms with E-state index in [1.807, 2.05) is 30.3 Å². The number of rotatable bonds is 9. The summed E-state index contributed by atoms with van der Waals surface area (Å²) >= 11 is 1.57. The summed E-state index contributed by atoms with van der Waals surface area (Å²) in [5.41, 5.74) is 2.07. The Morgan fingerprint density at radius 2 is 1.52 bits per heavy atom. The molecule has 0 spiro atoms. The van der Waals surface area contributed by atoms with Gasteiger partial charge in [-0.15, -0.1) is 0 Å². The number of nitrogens with one attached hydrogen (secondary N) is 1. The van der Waals surface area contributed by atoms with E-state index in [9.17, 15) is 14.4 Å². The summed E-state index contributed by atoms with van der Waals surface area (Å²) in [6, 6.07) is 16.7. The number of imide groups is 1. The van der Waals surface area contributed by atoms with E-state index in [4.69, 9.17) is 0 Å². The van der Waals surface area contributed by atoms with E-state index in [-0.39, 0.29) is 17.7 Å². The van der Waals surface area contributed by atoms with Crippen LogP contribution in [0.2, 0.25) is 0 Å². The molecule has 0 unspecified atom stereocenters. The number of carbonyl (C=O) groups excluding carboxylic acids is 3. The summed E-state index contributed by atoms with van der Waals surface area (Å²) in [4.78, 5) is 37.7. The summed E-state index contributed by atoms with van der Waals surface area (Å²) in [5, 5.41) is 2.90. The molecule has 3 amide bonds. The molecule has 0 bridgehead atoms. The summed E-state index contributed by atoms with van der Waals surface area (Å²) in [6.45, 7) is 0.965. The SMILES string of the molecule is O=C(CSCCCCN1C(=O)c2ccccc2C1=O)NCc1ccccc1. The lowest BCUT2D eigenvalue weighted by molar-refractivity contribution is -0.118. The van der Waals surface area contributed by atoms with Gasteiger partial charge >= 0.3 is 0 Å². The van der Waals surface area contributed by atoms with Gasteiger partial charge in [0, 0.05) is 13.1 Å². The zero-order valence-corrected chi connectivity index (χ0v) is 15.8. The van der Waals surface area contributed by atoms with Gasteiger partial charge in [0.05, 0.1) is 16.9 Å². The molecule has 0 saturated carbocycles. The Morgan fingerprint density at radius 1 is 0.889 bits per heavy atom. The molecule has 2 aromatic carbocycles. The van der Waals surface area contributed by atoms with Crippen LogP contribution in [-0.4, -0.2) is 40.7 Å². The van der Waals surface area contributed by atoms with Crippen LogP contribution in [-0.2, 0) is 11.3 Å². The molecule has 6 heteroatoms. The summed E-state index contributed by atoms with van der Waals surface area (Å²) in [5.74, 6) is 0.846. The van der Waals surface area contributed by atoms with Crippen molar-refractivity contribution >= 4 is 29.5 Å². The van der Waals surface area contributed by atoms with Gasteiger partial charge in [-0.3, -0.25) is 19.3 Å². The fraction of sp³-hybridized carbons (Fsp3) is 0.286. The number of amides is 3. The van der Waals surface area contributed by atoms with E-state index >= 15 is 0 Å². The molecule has 0 fully saturated rings. The van der Waals surface area contributed by atoms with Crippen molar-refractivity contribution in [3.63, 3.8) is 0 Å². The van der Waals surface area contributed by atoms with E-state index in [1.165, 1.54) is 4.90 Å². The minimum absolute atomic E-state index is 0.0178. The van der Waals surface area contributed by atoms with Crippen molar-refractivity contribution < 1.29 is 14.4 Å².